The van der Waals surface area contributed by atoms with Crippen LogP contribution in [0.25, 0.3) is 22.3 Å². The molecule has 5 aromatic heterocycles. The van der Waals surface area contributed by atoms with Crippen molar-refractivity contribution in [3.63, 3.8) is 0 Å². The molecule has 3 aliphatic rings. The fourth-order valence-corrected chi connectivity index (χ4v) is 13.7. The average molecular weight is 1150 g/mol. The molecule has 4 unspecified atom stereocenters. The predicted octanol–water partition coefficient (Wildman–Crippen LogP) is -3.86. The topological polar surface area (TPSA) is 499 Å². The summed E-state index contributed by atoms with van der Waals surface area (Å²) < 4.78 is 103. The van der Waals surface area contributed by atoms with Crippen LogP contribution in [-0.4, -0.2) is 168 Å². The maximum absolute atomic E-state index is 13.6. The number of nitrogen functional groups attached to an aromatic ring is 2. The van der Waals surface area contributed by atoms with E-state index in [1.807, 2.05) is 4.98 Å². The van der Waals surface area contributed by atoms with E-state index in [9.17, 15) is 63.0 Å². The number of nitrogens with zero attached hydrogens (tertiary/aromatic N) is 8. The second-order valence-corrected chi connectivity index (χ2v) is 23.8. The van der Waals surface area contributed by atoms with Crippen molar-refractivity contribution < 1.29 is 104 Å². The number of aliphatic hydroxyl groups is 3. The summed E-state index contributed by atoms with van der Waals surface area (Å²) in [4.78, 5) is 100. The number of fused-ring (bicyclic) bond motifs is 2. The number of H-pyrrole nitrogens is 2. The van der Waals surface area contributed by atoms with Gasteiger partial charge in [0.15, 0.2) is 23.9 Å². The first-order valence-electron chi connectivity index (χ1n) is 21.1. The van der Waals surface area contributed by atoms with Gasteiger partial charge in [-0.2, -0.15) is 13.9 Å². The van der Waals surface area contributed by atoms with E-state index in [0.29, 0.717) is 0 Å². The minimum atomic E-state index is -5.97. The number of aromatic amines is 2. The third-order valence-electron chi connectivity index (χ3n) is 11.5. The summed E-state index contributed by atoms with van der Waals surface area (Å²) in [6, 6.07) is 0.938. The van der Waals surface area contributed by atoms with Crippen LogP contribution in [-0.2, 0) is 83.0 Å². The Morgan fingerprint density at radius 1 is 0.757 bits per heavy atom. The Kier molecular flexibility index (Phi) is 16.4. The van der Waals surface area contributed by atoms with Gasteiger partial charge in [0.05, 0.1) is 45.9 Å². The summed E-state index contributed by atoms with van der Waals surface area (Å²) in [6.07, 6.45) is -12.6. The number of aliphatic hydroxyl groups excluding tert-OH is 3. The van der Waals surface area contributed by atoms with Crippen LogP contribution in [0.1, 0.15) is 18.7 Å². The van der Waals surface area contributed by atoms with Crippen molar-refractivity contribution in [1.82, 2.24) is 43.6 Å². The fraction of sp³-hybridized carbons (Fsp3) is 0.576. The highest BCUT2D eigenvalue weighted by Gasteiger charge is 2.53. The zero-order valence-electron chi connectivity index (χ0n) is 38.1. The highest BCUT2D eigenvalue weighted by Crippen LogP contribution is 2.68. The second kappa shape index (κ2) is 21.7. The van der Waals surface area contributed by atoms with Crippen molar-refractivity contribution in [3.05, 3.63) is 62.4 Å². The van der Waals surface area contributed by atoms with Crippen LogP contribution < -0.4 is 32.8 Å². The Labute approximate surface area is 417 Å². The number of hydrogen-bond donors (Lipinski definition) is 11. The van der Waals surface area contributed by atoms with Gasteiger partial charge in [0.1, 0.15) is 54.6 Å². The molecule has 0 aliphatic carbocycles. The molecule has 8 heterocycles. The van der Waals surface area contributed by atoms with Gasteiger partial charge in [-0.3, -0.25) is 42.3 Å². The zero-order chi connectivity index (χ0) is 53.8. The molecule has 41 heteroatoms. The largest absolute Gasteiger partial charge is 0.488 e. The van der Waals surface area contributed by atoms with Crippen LogP contribution >= 0.6 is 30.2 Å². The maximum Gasteiger partial charge on any atom is 0.488 e. The van der Waals surface area contributed by atoms with Gasteiger partial charge in [0, 0.05) is 32.4 Å². The van der Waals surface area contributed by atoms with E-state index in [1.165, 1.54) is 40.5 Å². The lowest BCUT2D eigenvalue weighted by molar-refractivity contribution is -0.646. The van der Waals surface area contributed by atoms with Crippen LogP contribution in [0.5, 0.6) is 0 Å². The van der Waals surface area contributed by atoms with Gasteiger partial charge < -0.3 is 74.6 Å². The Bertz CT molecular complexity index is 3270. The van der Waals surface area contributed by atoms with Gasteiger partial charge in [0.2, 0.25) is 18.5 Å². The molecule has 5 aromatic rings. The molecule has 0 amide bonds. The van der Waals surface area contributed by atoms with Crippen molar-refractivity contribution in [1.29, 1.82) is 0 Å². The predicted molar refractivity (Wildman–Crippen MR) is 244 cm³/mol. The highest BCUT2D eigenvalue weighted by atomic mass is 32.5. The smallest absolute Gasteiger partial charge is 0.387 e. The quantitative estimate of drug-likeness (QED) is 0.0247. The summed E-state index contributed by atoms with van der Waals surface area (Å²) in [5, 5.41) is 32.6. The van der Waals surface area contributed by atoms with E-state index in [4.69, 9.17) is 65.1 Å². The van der Waals surface area contributed by atoms with E-state index in [0.717, 1.165) is 30.3 Å². The number of ether oxygens (including phenoxy) is 5. The van der Waals surface area contributed by atoms with Gasteiger partial charge in [0.25, 0.3) is 16.7 Å². The number of rotatable bonds is 21. The van der Waals surface area contributed by atoms with Crippen LogP contribution in [0, 0.1) is 5.92 Å². The number of anilines is 2. The first-order chi connectivity index (χ1) is 34.7. The minimum absolute atomic E-state index is 0.00182. The molecule has 0 saturated carbocycles. The summed E-state index contributed by atoms with van der Waals surface area (Å²) in [7, 11) is -13.1. The fourth-order valence-electron chi connectivity index (χ4n) is 8.27. The molecule has 36 nitrogen and oxygen atoms in total. The van der Waals surface area contributed by atoms with Crippen LogP contribution in [0.2, 0.25) is 0 Å². The summed E-state index contributed by atoms with van der Waals surface area (Å²) in [5.41, 5.74) is 9.47. The lowest BCUT2D eigenvalue weighted by atomic mass is 9.99. The van der Waals surface area contributed by atoms with E-state index in [1.54, 1.807) is 0 Å². The Morgan fingerprint density at radius 3 is 2.12 bits per heavy atom. The molecule has 74 heavy (non-hydrogen) atoms. The van der Waals surface area contributed by atoms with Crippen molar-refractivity contribution in [2.24, 2.45) is 13.0 Å². The van der Waals surface area contributed by atoms with E-state index >= 15 is 0 Å². The first-order valence-corrected chi connectivity index (χ1v) is 28.2. The number of methoxy groups -OCH3 is 2. The molecule has 3 saturated heterocycles. The number of phosphoric ester groups is 2. The minimum Gasteiger partial charge on any atom is -0.387 e. The molecule has 0 spiro atoms. The van der Waals surface area contributed by atoms with Crippen LogP contribution in [0.3, 0.4) is 0 Å². The van der Waals surface area contributed by atoms with E-state index in [-0.39, 0.29) is 40.7 Å². The first kappa shape index (κ1) is 56.0. The normalized spacial score (nSPS) is 30.6. The molecule has 16 atom stereocenters. The molecule has 0 aromatic carbocycles. The number of hydrogen-bond acceptors (Lipinski definition) is 27. The zero-order valence-corrected chi connectivity index (χ0v) is 42.5. The SMILES string of the molecule is COC[C@H]1[C@@H](O)[C@H](n2c[n+](C)c3c(=O)[nH]c(N)nc32)O[C@@H]1COP(=O)(O)OP(=O)(O)OP(O)(=S)OC[C@H]1O[C@@H](n2cnc3c(N)ncnc32)[C@H](OC)[C@@H]1OP(=O)(O)OC[C@H]1O[C@@H](n2ccc(=O)[nH]c2=O)[C@H](O)[C@@H]1O. The highest BCUT2D eigenvalue weighted by molar-refractivity contribution is 8.08. The monoisotopic (exact) mass is 1150 g/mol. The molecule has 0 radical (unpaired) electrons. The van der Waals surface area contributed by atoms with Gasteiger partial charge in [-0.25, -0.2) is 42.3 Å². The third-order valence-corrected chi connectivity index (χ3v) is 17.7. The maximum atomic E-state index is 13.6. The number of aromatic nitrogens is 10. The Morgan fingerprint density at radius 2 is 1.42 bits per heavy atom. The summed E-state index contributed by atoms with van der Waals surface area (Å²) in [6.45, 7) is -8.27. The molecule has 0 bridgehead atoms. The number of phosphoric acid groups is 3. The standard InChI is InChI=1S/C33H46N12O24P4S/c1-42-12-45(27-19(42)28(50)41-32(35)40-27)29-20(47)13(6-59-2)14(64-29)7-62-71(54,55)68-72(56,57)69-73(58,74)63-9-16-23(24(60-3)31(66-16)44-11-38-18-25(34)36-10-37-26(18)44)67-70(52,53)61-8-15-21(48)22(49)30(65-15)43-5-4-17(46)39-33(43)51/h4-5,10-16,20-24,29-31,47-49H,6-9H2,1-3H3,(H9-,34,35,36,37,39,40,41,46,50,51,52,53,54,55,56,57,58,74)/p+1/t13-,14-,15-,16-,20-,21-,22-,23-,24-,29-,30-,31-,73?/m1/s1. The van der Waals surface area contributed by atoms with Gasteiger partial charge in [-0.15, -0.1) is 0 Å². The molecular weight excluding hydrogens is 1100 g/mol. The van der Waals surface area contributed by atoms with Crippen molar-refractivity contribution in [2.45, 2.75) is 67.5 Å². The van der Waals surface area contributed by atoms with Gasteiger partial charge in [-0.1, -0.05) is 0 Å². The van der Waals surface area contributed by atoms with Crippen LogP contribution in [0.15, 0.2) is 45.6 Å². The molecule has 8 rings (SSSR count). The molecule has 408 valence electrons. The van der Waals surface area contributed by atoms with Gasteiger partial charge >= 0.3 is 41.4 Å². The molecule has 13 N–H and O–H groups in total. The molecular formula is C33H47N12O24P4S+. The Hall–Kier alpha value is -4.20. The third kappa shape index (κ3) is 11.8. The lowest BCUT2D eigenvalue weighted by Gasteiger charge is -2.26. The van der Waals surface area contributed by atoms with Crippen molar-refractivity contribution >= 4 is 76.1 Å². The second-order valence-electron chi connectivity index (χ2n) is 16.3. The summed E-state index contributed by atoms with van der Waals surface area (Å²) >= 11 is 4.91. The van der Waals surface area contributed by atoms with Crippen molar-refractivity contribution in [3.8, 4) is 0 Å². The van der Waals surface area contributed by atoms with E-state index in [2.05, 4.69) is 33.5 Å². The number of aryl methyl sites for hydroxylation is 1. The number of nitrogens with one attached hydrogen (secondary N) is 2. The molecule has 3 fully saturated rings. The number of imidazole rings is 2. The van der Waals surface area contributed by atoms with Crippen molar-refractivity contribution in [2.75, 3.05) is 52.1 Å². The van der Waals surface area contributed by atoms with E-state index < -0.39 is 140 Å². The number of nitrogens with two attached hydrogens (primary N) is 2. The Balaban J connectivity index is 0.939. The van der Waals surface area contributed by atoms with Crippen LogP contribution in [0.4, 0.5) is 11.8 Å². The average Bonchev–Trinajstić information content (AvgIpc) is 4.10. The van der Waals surface area contributed by atoms with Gasteiger partial charge in [-0.05, 0) is 11.8 Å². The lowest BCUT2D eigenvalue weighted by Crippen LogP contribution is -2.38. The summed E-state index contributed by atoms with van der Waals surface area (Å²) in [5.74, 6) is -1.32. The molecule has 3 aliphatic heterocycles.